The van der Waals surface area contributed by atoms with Gasteiger partial charge in [-0.25, -0.2) is 0 Å². The van der Waals surface area contributed by atoms with Crippen molar-refractivity contribution in [3.8, 4) is 6.07 Å². The van der Waals surface area contributed by atoms with Gasteiger partial charge in [0.1, 0.15) is 10.7 Å². The maximum atomic E-state index is 12.8. The fourth-order valence-corrected chi connectivity index (χ4v) is 5.03. The van der Waals surface area contributed by atoms with Crippen LogP contribution in [0.3, 0.4) is 0 Å². The van der Waals surface area contributed by atoms with Crippen molar-refractivity contribution in [1.29, 1.82) is 5.26 Å². The number of nitrogens with zero attached hydrogens (tertiary/aromatic N) is 2. The summed E-state index contributed by atoms with van der Waals surface area (Å²) in [4.78, 5) is 26.5. The minimum absolute atomic E-state index is 0.00430. The zero-order valence-corrected chi connectivity index (χ0v) is 16.6. The Hall–Kier alpha value is -2.43. The third-order valence-electron chi connectivity index (χ3n) is 4.53. The van der Waals surface area contributed by atoms with Crippen LogP contribution in [0.2, 0.25) is 0 Å². The van der Waals surface area contributed by atoms with Crippen LogP contribution in [0.4, 0.5) is 0 Å². The first-order chi connectivity index (χ1) is 13.1. The van der Waals surface area contributed by atoms with Crippen molar-refractivity contribution >= 4 is 40.2 Å². The molecule has 140 valence electrons. The molecule has 1 N–H and O–H groups in total. The molecule has 1 saturated carbocycles. The zero-order valence-electron chi connectivity index (χ0n) is 14.9. The largest absolute Gasteiger partial charge is 0.349 e. The van der Waals surface area contributed by atoms with Gasteiger partial charge in [-0.15, -0.1) is 29.3 Å². The van der Waals surface area contributed by atoms with Crippen LogP contribution in [0.1, 0.15) is 37.0 Å². The monoisotopic (exact) mass is 399 g/mol. The number of allylic oxidation sites excluding steroid dienone is 1. The van der Waals surface area contributed by atoms with Crippen LogP contribution in [0.5, 0.6) is 0 Å². The average molecular weight is 400 g/mol. The molecule has 0 radical (unpaired) electrons. The first-order valence-electron chi connectivity index (χ1n) is 8.95. The summed E-state index contributed by atoms with van der Waals surface area (Å²) in [6.45, 7) is 3.95. The molecule has 0 saturated heterocycles. The number of carbonyl (C=O) groups excluding carboxylic acids is 1. The third-order valence-corrected chi connectivity index (χ3v) is 6.48. The lowest BCUT2D eigenvalue weighted by Crippen LogP contribution is -2.39. The van der Waals surface area contributed by atoms with Crippen molar-refractivity contribution in [1.82, 2.24) is 9.88 Å². The molecule has 5 nitrogen and oxygen atoms in total. The van der Waals surface area contributed by atoms with Crippen LogP contribution < -0.4 is 20.1 Å². The molecule has 0 unspecified atom stereocenters. The molecule has 0 aliphatic heterocycles. The summed E-state index contributed by atoms with van der Waals surface area (Å²) in [5.41, 5.74) is -0.211. The van der Waals surface area contributed by atoms with E-state index in [4.69, 9.17) is 0 Å². The van der Waals surface area contributed by atoms with Crippen LogP contribution in [-0.2, 0) is 11.3 Å². The summed E-state index contributed by atoms with van der Waals surface area (Å²) in [6.07, 6.45) is 8.64. The number of hydrogen-bond acceptors (Lipinski definition) is 5. The van der Waals surface area contributed by atoms with E-state index in [2.05, 4.69) is 11.9 Å². The van der Waals surface area contributed by atoms with Crippen molar-refractivity contribution in [2.45, 2.75) is 44.7 Å². The molecule has 1 amide bonds. The van der Waals surface area contributed by atoms with Gasteiger partial charge >= 0.3 is 0 Å². The van der Waals surface area contributed by atoms with E-state index in [-0.39, 0.29) is 23.7 Å². The minimum Gasteiger partial charge on any atom is -0.349 e. The molecule has 2 aromatic rings. The van der Waals surface area contributed by atoms with Gasteiger partial charge in [0.05, 0.1) is 4.53 Å². The molecule has 0 bridgehead atoms. The standard InChI is InChI=1S/C20H21N3O2S2/c1-2-10-23-19(25)17(12-15-9-6-11-26-15)27-20(23)16(13-21)18(24)22-14-7-4-3-5-8-14/h2,6,9,11-12,14H,1,3-5,7-8,10H2,(H,22,24)/b17-12-,20-16+. The fourth-order valence-electron chi connectivity index (χ4n) is 3.20. The smallest absolute Gasteiger partial charge is 0.269 e. The van der Waals surface area contributed by atoms with E-state index in [1.54, 1.807) is 12.2 Å². The molecule has 2 aromatic heterocycles. The second kappa shape index (κ2) is 8.98. The number of thiophene rings is 1. The number of nitrogens with one attached hydrogen (secondary N) is 1. The molecule has 7 heteroatoms. The predicted octanol–water partition coefficient (Wildman–Crippen LogP) is 2.11. The number of thiazole rings is 1. The van der Waals surface area contributed by atoms with Crippen molar-refractivity contribution in [3.63, 3.8) is 0 Å². The van der Waals surface area contributed by atoms with E-state index >= 15 is 0 Å². The van der Waals surface area contributed by atoms with Gasteiger partial charge in [0.15, 0.2) is 5.57 Å². The molecule has 0 spiro atoms. The molecule has 1 aliphatic carbocycles. The predicted molar refractivity (Wildman–Crippen MR) is 110 cm³/mol. The first-order valence-corrected chi connectivity index (χ1v) is 10.6. The molecule has 3 rings (SSSR count). The summed E-state index contributed by atoms with van der Waals surface area (Å²) in [5.74, 6) is -0.397. The minimum atomic E-state index is -0.397. The SMILES string of the molecule is C=CCn1c(=O)/c(=C/c2cccs2)s/c1=C(\C#N)C(=O)NC1CCCCC1. The molecule has 1 aliphatic rings. The summed E-state index contributed by atoms with van der Waals surface area (Å²) < 4.78 is 2.35. The third kappa shape index (κ3) is 4.46. The van der Waals surface area contributed by atoms with Gasteiger partial charge in [0.2, 0.25) is 0 Å². The Labute approximate surface area is 165 Å². The first kappa shape index (κ1) is 19.3. The van der Waals surface area contributed by atoms with Crippen LogP contribution >= 0.6 is 22.7 Å². The second-order valence-corrected chi connectivity index (χ2v) is 8.44. The number of rotatable bonds is 5. The quantitative estimate of drug-likeness (QED) is 0.783. The van der Waals surface area contributed by atoms with E-state index in [1.165, 1.54) is 33.7 Å². The van der Waals surface area contributed by atoms with Crippen molar-refractivity contribution in [3.05, 3.63) is 54.6 Å². The topological polar surface area (TPSA) is 74.9 Å². The van der Waals surface area contributed by atoms with Gasteiger partial charge in [0, 0.05) is 17.5 Å². The van der Waals surface area contributed by atoms with E-state index in [9.17, 15) is 14.9 Å². The van der Waals surface area contributed by atoms with E-state index < -0.39 is 5.91 Å². The van der Waals surface area contributed by atoms with Crippen molar-refractivity contribution in [2.24, 2.45) is 0 Å². The fraction of sp³-hybridized carbons (Fsp3) is 0.350. The lowest BCUT2D eigenvalue weighted by molar-refractivity contribution is -0.116. The molecular weight excluding hydrogens is 378 g/mol. The Kier molecular flexibility index (Phi) is 6.43. The average Bonchev–Trinajstić information content (AvgIpc) is 3.28. The Bertz CT molecular complexity index is 1030. The normalized spacial score (nSPS) is 16.6. The van der Waals surface area contributed by atoms with Gasteiger partial charge < -0.3 is 5.32 Å². The molecule has 0 atom stereocenters. The van der Waals surface area contributed by atoms with Crippen LogP contribution in [0, 0.1) is 11.3 Å². The maximum absolute atomic E-state index is 12.8. The summed E-state index contributed by atoms with van der Waals surface area (Å²) in [7, 11) is 0. The van der Waals surface area contributed by atoms with Gasteiger partial charge in [-0.05, 0) is 30.4 Å². The molecule has 0 aromatic carbocycles. The summed E-state index contributed by atoms with van der Waals surface area (Å²) >= 11 is 2.71. The maximum Gasteiger partial charge on any atom is 0.269 e. The highest BCUT2D eigenvalue weighted by atomic mass is 32.1. The lowest BCUT2D eigenvalue weighted by atomic mass is 9.95. The second-order valence-electron chi connectivity index (χ2n) is 6.43. The molecule has 1 fully saturated rings. The van der Waals surface area contributed by atoms with Gasteiger partial charge in [-0.1, -0.05) is 31.4 Å². The summed E-state index contributed by atoms with van der Waals surface area (Å²) in [5, 5.41) is 14.5. The van der Waals surface area contributed by atoms with E-state index in [0.29, 0.717) is 9.20 Å². The molecular formula is C20H21N3O2S2. The van der Waals surface area contributed by atoms with E-state index in [1.807, 2.05) is 23.6 Å². The highest BCUT2D eigenvalue weighted by molar-refractivity contribution is 7.11. The number of carbonyl (C=O) groups is 1. The van der Waals surface area contributed by atoms with Crippen LogP contribution in [0.25, 0.3) is 11.6 Å². The number of hydrogen-bond donors (Lipinski definition) is 1. The van der Waals surface area contributed by atoms with Crippen molar-refractivity contribution < 1.29 is 4.79 Å². The molecule has 2 heterocycles. The lowest BCUT2D eigenvalue weighted by Gasteiger charge is -2.22. The van der Waals surface area contributed by atoms with Crippen LogP contribution in [-0.4, -0.2) is 16.5 Å². The highest BCUT2D eigenvalue weighted by Crippen LogP contribution is 2.17. The zero-order chi connectivity index (χ0) is 19.2. The molecule has 27 heavy (non-hydrogen) atoms. The Morgan fingerprint density at radius 3 is 2.81 bits per heavy atom. The van der Waals surface area contributed by atoms with Gasteiger partial charge in [-0.2, -0.15) is 5.26 Å². The van der Waals surface area contributed by atoms with Gasteiger partial charge in [-0.3, -0.25) is 14.2 Å². The van der Waals surface area contributed by atoms with Crippen LogP contribution in [0.15, 0.2) is 35.0 Å². The van der Waals surface area contributed by atoms with E-state index in [0.717, 1.165) is 30.6 Å². The summed E-state index contributed by atoms with van der Waals surface area (Å²) in [6, 6.07) is 5.96. The Morgan fingerprint density at radius 2 is 2.19 bits per heavy atom. The number of amides is 1. The highest BCUT2D eigenvalue weighted by Gasteiger charge is 2.20. The van der Waals surface area contributed by atoms with Gasteiger partial charge in [0.25, 0.3) is 11.5 Å². The number of aromatic nitrogens is 1. The Balaban J connectivity index is 2.08. The number of nitriles is 1. The van der Waals surface area contributed by atoms with Crippen molar-refractivity contribution in [2.75, 3.05) is 0 Å². The Morgan fingerprint density at radius 1 is 1.41 bits per heavy atom.